The standard InChI is InChI=1S/C12H17N3O2/c1-3-11(16)15-6-4-9(5-7-15)10-8-12(17)14(2)13-10/h3,8-9,13H,1,4-7H2,2H3. The molecule has 0 aromatic carbocycles. The van der Waals surface area contributed by atoms with Gasteiger partial charge in [-0.1, -0.05) is 6.58 Å². The van der Waals surface area contributed by atoms with Gasteiger partial charge >= 0.3 is 0 Å². The molecule has 1 aliphatic heterocycles. The predicted molar refractivity (Wildman–Crippen MR) is 64.8 cm³/mol. The Bertz CT molecular complexity index is 478. The normalized spacial score (nSPS) is 17.1. The summed E-state index contributed by atoms with van der Waals surface area (Å²) in [5.41, 5.74) is 0.966. The zero-order valence-corrected chi connectivity index (χ0v) is 9.98. The van der Waals surface area contributed by atoms with E-state index >= 15 is 0 Å². The lowest BCUT2D eigenvalue weighted by Crippen LogP contribution is -2.36. The van der Waals surface area contributed by atoms with Gasteiger partial charge in [0.25, 0.3) is 5.56 Å². The molecule has 5 nitrogen and oxygen atoms in total. The average Bonchev–Trinajstić information content (AvgIpc) is 2.69. The highest BCUT2D eigenvalue weighted by Gasteiger charge is 2.23. The number of rotatable bonds is 2. The number of carbonyl (C=O) groups excluding carboxylic acids is 1. The fraction of sp³-hybridized carbons (Fsp3) is 0.500. The van der Waals surface area contributed by atoms with E-state index in [0.29, 0.717) is 5.92 Å². The van der Waals surface area contributed by atoms with Crippen LogP contribution in [0.1, 0.15) is 24.5 Å². The highest BCUT2D eigenvalue weighted by atomic mass is 16.2. The Balaban J connectivity index is 2.02. The first kappa shape index (κ1) is 11.7. The van der Waals surface area contributed by atoms with Crippen molar-refractivity contribution in [3.8, 4) is 0 Å². The lowest BCUT2D eigenvalue weighted by atomic mass is 9.93. The molecular weight excluding hydrogens is 218 g/mol. The van der Waals surface area contributed by atoms with Crippen LogP contribution in [0.4, 0.5) is 0 Å². The third-order valence-corrected chi connectivity index (χ3v) is 3.33. The molecule has 0 bridgehead atoms. The first-order chi connectivity index (χ1) is 8.11. The van der Waals surface area contributed by atoms with Crippen LogP contribution in [0.15, 0.2) is 23.5 Å². The second-order valence-corrected chi connectivity index (χ2v) is 4.41. The van der Waals surface area contributed by atoms with Crippen molar-refractivity contribution < 1.29 is 4.79 Å². The van der Waals surface area contributed by atoms with Crippen molar-refractivity contribution in [2.24, 2.45) is 7.05 Å². The fourth-order valence-electron chi connectivity index (χ4n) is 2.26. The van der Waals surface area contributed by atoms with Crippen LogP contribution < -0.4 is 5.56 Å². The molecule has 17 heavy (non-hydrogen) atoms. The Hall–Kier alpha value is -1.78. The molecule has 1 N–H and O–H groups in total. The van der Waals surface area contributed by atoms with Gasteiger partial charge in [-0.3, -0.25) is 19.4 Å². The molecule has 0 radical (unpaired) electrons. The van der Waals surface area contributed by atoms with E-state index in [4.69, 9.17) is 0 Å². The first-order valence-corrected chi connectivity index (χ1v) is 5.79. The monoisotopic (exact) mass is 235 g/mol. The number of nitrogens with one attached hydrogen (secondary N) is 1. The van der Waals surface area contributed by atoms with Gasteiger partial charge in [-0.15, -0.1) is 0 Å². The third kappa shape index (κ3) is 2.33. The molecule has 1 amide bonds. The molecule has 1 fully saturated rings. The number of piperidine rings is 1. The van der Waals surface area contributed by atoms with E-state index < -0.39 is 0 Å². The van der Waals surface area contributed by atoms with Crippen LogP contribution in [0.3, 0.4) is 0 Å². The highest BCUT2D eigenvalue weighted by Crippen LogP contribution is 2.25. The number of carbonyl (C=O) groups is 1. The van der Waals surface area contributed by atoms with E-state index in [1.54, 1.807) is 18.0 Å². The fourth-order valence-corrected chi connectivity index (χ4v) is 2.26. The van der Waals surface area contributed by atoms with Crippen molar-refractivity contribution in [1.29, 1.82) is 0 Å². The van der Waals surface area contributed by atoms with Crippen molar-refractivity contribution in [3.63, 3.8) is 0 Å². The van der Waals surface area contributed by atoms with E-state index in [1.807, 2.05) is 0 Å². The number of likely N-dealkylation sites (tertiary alicyclic amines) is 1. The highest BCUT2D eigenvalue weighted by molar-refractivity contribution is 5.87. The second-order valence-electron chi connectivity index (χ2n) is 4.41. The molecule has 0 saturated carbocycles. The van der Waals surface area contributed by atoms with Crippen LogP contribution in [-0.4, -0.2) is 33.7 Å². The zero-order valence-electron chi connectivity index (χ0n) is 9.98. The Morgan fingerprint density at radius 2 is 2.18 bits per heavy atom. The Kier molecular flexibility index (Phi) is 3.17. The molecule has 2 heterocycles. The van der Waals surface area contributed by atoms with Gasteiger partial charge in [-0.2, -0.15) is 0 Å². The molecular formula is C12H17N3O2. The number of aryl methyl sites for hydroxylation is 1. The molecule has 0 atom stereocenters. The van der Waals surface area contributed by atoms with Gasteiger partial charge in [-0.25, -0.2) is 0 Å². The maximum atomic E-state index is 11.4. The lowest BCUT2D eigenvalue weighted by Gasteiger charge is -2.30. The number of aromatic amines is 1. The molecule has 2 rings (SSSR count). The minimum Gasteiger partial charge on any atom is -0.339 e. The van der Waals surface area contributed by atoms with Crippen molar-refractivity contribution in [2.75, 3.05) is 13.1 Å². The maximum absolute atomic E-state index is 11.4. The first-order valence-electron chi connectivity index (χ1n) is 5.79. The maximum Gasteiger partial charge on any atom is 0.266 e. The Labute approximate surface area is 99.7 Å². The number of H-pyrrole nitrogens is 1. The summed E-state index contributed by atoms with van der Waals surface area (Å²) in [5.74, 6) is 0.336. The lowest BCUT2D eigenvalue weighted by molar-refractivity contribution is -0.127. The molecule has 5 heteroatoms. The summed E-state index contributed by atoms with van der Waals surface area (Å²) >= 11 is 0. The Morgan fingerprint density at radius 3 is 2.65 bits per heavy atom. The van der Waals surface area contributed by atoms with Crippen LogP contribution in [0.25, 0.3) is 0 Å². The number of hydrogen-bond donors (Lipinski definition) is 1. The molecule has 1 aromatic rings. The van der Waals surface area contributed by atoms with E-state index in [1.165, 1.54) is 10.8 Å². The zero-order chi connectivity index (χ0) is 12.4. The predicted octanol–water partition coefficient (Wildman–Crippen LogP) is 0.605. The quantitative estimate of drug-likeness (QED) is 0.763. The van der Waals surface area contributed by atoms with Crippen molar-refractivity contribution in [3.05, 3.63) is 34.8 Å². The van der Waals surface area contributed by atoms with Crippen molar-refractivity contribution in [2.45, 2.75) is 18.8 Å². The summed E-state index contributed by atoms with van der Waals surface area (Å²) in [6.07, 6.45) is 3.13. The average molecular weight is 235 g/mol. The SMILES string of the molecule is C=CC(=O)N1CCC(c2cc(=O)n(C)[nH]2)CC1. The summed E-state index contributed by atoms with van der Waals surface area (Å²) < 4.78 is 1.48. The molecule has 0 spiro atoms. The second kappa shape index (κ2) is 4.61. The van der Waals surface area contributed by atoms with Crippen molar-refractivity contribution >= 4 is 5.91 Å². The van der Waals surface area contributed by atoms with E-state index in [9.17, 15) is 9.59 Å². The number of aromatic nitrogens is 2. The van der Waals surface area contributed by atoms with Gasteiger partial charge in [0.05, 0.1) is 0 Å². The van der Waals surface area contributed by atoms with E-state index in [0.717, 1.165) is 31.6 Å². The van der Waals surface area contributed by atoms with Gasteiger partial charge in [0.15, 0.2) is 0 Å². The van der Waals surface area contributed by atoms with Gasteiger partial charge in [0, 0.05) is 37.8 Å². The summed E-state index contributed by atoms with van der Waals surface area (Å²) in [7, 11) is 1.71. The third-order valence-electron chi connectivity index (χ3n) is 3.33. The van der Waals surface area contributed by atoms with Crippen LogP contribution in [-0.2, 0) is 11.8 Å². The summed E-state index contributed by atoms with van der Waals surface area (Å²) in [6.45, 7) is 4.94. The van der Waals surface area contributed by atoms with Crippen LogP contribution in [0, 0.1) is 0 Å². The van der Waals surface area contributed by atoms with Gasteiger partial charge in [0.1, 0.15) is 0 Å². The molecule has 0 aliphatic carbocycles. The van der Waals surface area contributed by atoms with Gasteiger partial charge in [-0.05, 0) is 18.9 Å². The molecule has 1 saturated heterocycles. The smallest absolute Gasteiger partial charge is 0.266 e. The summed E-state index contributed by atoms with van der Waals surface area (Å²) in [5, 5.41) is 3.05. The summed E-state index contributed by atoms with van der Waals surface area (Å²) in [4.78, 5) is 24.6. The summed E-state index contributed by atoms with van der Waals surface area (Å²) in [6, 6.07) is 1.65. The molecule has 92 valence electrons. The van der Waals surface area contributed by atoms with E-state index in [2.05, 4.69) is 11.7 Å². The molecule has 1 aromatic heterocycles. The largest absolute Gasteiger partial charge is 0.339 e. The number of amides is 1. The van der Waals surface area contributed by atoms with Crippen LogP contribution >= 0.6 is 0 Å². The number of hydrogen-bond acceptors (Lipinski definition) is 2. The van der Waals surface area contributed by atoms with Gasteiger partial charge < -0.3 is 4.90 Å². The van der Waals surface area contributed by atoms with Gasteiger partial charge in [0.2, 0.25) is 5.91 Å². The molecule has 1 aliphatic rings. The van der Waals surface area contributed by atoms with Crippen LogP contribution in [0.5, 0.6) is 0 Å². The minimum absolute atomic E-state index is 0.00925. The van der Waals surface area contributed by atoms with Crippen LogP contribution in [0.2, 0.25) is 0 Å². The van der Waals surface area contributed by atoms with E-state index in [-0.39, 0.29) is 11.5 Å². The minimum atomic E-state index is -0.00963. The molecule has 0 unspecified atom stereocenters. The topological polar surface area (TPSA) is 58.1 Å². The van der Waals surface area contributed by atoms with Crippen molar-refractivity contribution in [1.82, 2.24) is 14.7 Å². The Morgan fingerprint density at radius 1 is 1.53 bits per heavy atom. The number of nitrogens with zero attached hydrogens (tertiary/aromatic N) is 2.